The average molecular weight is 397 g/mol. The molecule has 154 valence electrons. The molecule has 1 aromatic carbocycles. The van der Waals surface area contributed by atoms with Crippen molar-refractivity contribution in [2.24, 2.45) is 0 Å². The van der Waals surface area contributed by atoms with Gasteiger partial charge in [-0.05, 0) is 42.1 Å². The maximum atomic E-state index is 12.7. The van der Waals surface area contributed by atoms with E-state index in [9.17, 15) is 9.59 Å². The summed E-state index contributed by atoms with van der Waals surface area (Å²) in [6, 6.07) is 7.78. The van der Waals surface area contributed by atoms with Crippen molar-refractivity contribution in [2.45, 2.75) is 38.0 Å². The minimum absolute atomic E-state index is 0.132. The standard InChI is InChI=1S/C21H27N5O3/c1-24(2)21-22-20(29-23-21)16-9-12-25(13-10-16)19(28)14-15-5-7-17(8-6-15)26-11-3-4-18(26)27/h5-8,16H,3-4,9-14H2,1-2H3. The number of aromatic nitrogens is 2. The number of piperidine rings is 1. The summed E-state index contributed by atoms with van der Waals surface area (Å²) in [5.41, 5.74) is 1.89. The third-order valence-electron chi connectivity index (χ3n) is 5.70. The Morgan fingerprint density at radius 2 is 1.90 bits per heavy atom. The lowest BCUT2D eigenvalue weighted by atomic mass is 9.96. The van der Waals surface area contributed by atoms with E-state index in [1.54, 1.807) is 0 Å². The van der Waals surface area contributed by atoms with Crippen molar-refractivity contribution in [3.05, 3.63) is 35.7 Å². The van der Waals surface area contributed by atoms with Crippen molar-refractivity contribution in [1.82, 2.24) is 15.0 Å². The number of benzene rings is 1. The Morgan fingerprint density at radius 1 is 1.17 bits per heavy atom. The highest BCUT2D eigenvalue weighted by atomic mass is 16.5. The SMILES string of the molecule is CN(C)c1noc(C2CCN(C(=O)Cc3ccc(N4CCCC4=O)cc3)CC2)n1. The van der Waals surface area contributed by atoms with Gasteiger partial charge in [-0.15, -0.1) is 0 Å². The van der Waals surface area contributed by atoms with Gasteiger partial charge in [0.1, 0.15) is 0 Å². The zero-order valence-electron chi connectivity index (χ0n) is 17.0. The quantitative estimate of drug-likeness (QED) is 0.769. The number of hydrogen-bond donors (Lipinski definition) is 0. The Labute approximate surface area is 170 Å². The molecule has 2 fully saturated rings. The number of hydrogen-bond acceptors (Lipinski definition) is 6. The molecule has 29 heavy (non-hydrogen) atoms. The first-order valence-corrected chi connectivity index (χ1v) is 10.2. The largest absolute Gasteiger partial charge is 0.344 e. The highest BCUT2D eigenvalue weighted by Gasteiger charge is 2.28. The van der Waals surface area contributed by atoms with Gasteiger partial charge in [0.05, 0.1) is 6.42 Å². The average Bonchev–Trinajstić information content (AvgIpc) is 3.38. The summed E-state index contributed by atoms with van der Waals surface area (Å²) in [7, 11) is 3.76. The molecule has 0 aliphatic carbocycles. The first-order valence-electron chi connectivity index (χ1n) is 10.2. The highest BCUT2D eigenvalue weighted by Crippen LogP contribution is 2.28. The number of carbonyl (C=O) groups is 2. The molecule has 0 radical (unpaired) electrons. The van der Waals surface area contributed by atoms with Gasteiger partial charge in [0, 0.05) is 51.8 Å². The molecule has 1 aromatic heterocycles. The Kier molecular flexibility index (Phi) is 5.51. The zero-order valence-corrected chi connectivity index (χ0v) is 17.0. The number of likely N-dealkylation sites (tertiary alicyclic amines) is 1. The van der Waals surface area contributed by atoms with E-state index in [1.807, 2.05) is 53.1 Å². The van der Waals surface area contributed by atoms with Gasteiger partial charge in [0.2, 0.25) is 17.7 Å². The second-order valence-electron chi connectivity index (χ2n) is 7.97. The third-order valence-corrected chi connectivity index (χ3v) is 5.70. The maximum absolute atomic E-state index is 12.7. The molecule has 0 unspecified atom stereocenters. The van der Waals surface area contributed by atoms with Crippen LogP contribution in [-0.2, 0) is 16.0 Å². The van der Waals surface area contributed by atoms with E-state index in [-0.39, 0.29) is 17.7 Å². The van der Waals surface area contributed by atoms with Gasteiger partial charge in [-0.2, -0.15) is 4.98 Å². The third kappa shape index (κ3) is 4.26. The number of amides is 2. The minimum Gasteiger partial charge on any atom is -0.344 e. The summed E-state index contributed by atoms with van der Waals surface area (Å²) < 4.78 is 5.38. The molecule has 2 aliphatic rings. The van der Waals surface area contributed by atoms with Crippen molar-refractivity contribution in [3.63, 3.8) is 0 Å². The molecule has 8 nitrogen and oxygen atoms in total. The van der Waals surface area contributed by atoms with Crippen LogP contribution in [0.2, 0.25) is 0 Å². The second-order valence-corrected chi connectivity index (χ2v) is 7.97. The summed E-state index contributed by atoms with van der Waals surface area (Å²) in [5.74, 6) is 1.76. The number of anilines is 2. The van der Waals surface area contributed by atoms with E-state index in [2.05, 4.69) is 10.1 Å². The number of nitrogens with zero attached hydrogens (tertiary/aromatic N) is 5. The van der Waals surface area contributed by atoms with E-state index >= 15 is 0 Å². The summed E-state index contributed by atoms with van der Waals surface area (Å²) in [5, 5.41) is 3.98. The van der Waals surface area contributed by atoms with Gasteiger partial charge in [0.15, 0.2) is 0 Å². The van der Waals surface area contributed by atoms with Gasteiger partial charge in [-0.25, -0.2) is 0 Å². The molecule has 0 N–H and O–H groups in total. The zero-order chi connectivity index (χ0) is 20.4. The van der Waals surface area contributed by atoms with E-state index < -0.39 is 0 Å². The molecular weight excluding hydrogens is 370 g/mol. The Morgan fingerprint density at radius 3 is 2.48 bits per heavy atom. The van der Waals surface area contributed by atoms with Crippen molar-refractivity contribution in [1.29, 1.82) is 0 Å². The Balaban J connectivity index is 1.30. The van der Waals surface area contributed by atoms with Gasteiger partial charge >= 0.3 is 0 Å². The fourth-order valence-corrected chi connectivity index (χ4v) is 3.95. The predicted octanol–water partition coefficient (Wildman–Crippen LogP) is 2.21. The van der Waals surface area contributed by atoms with E-state index in [0.29, 0.717) is 37.8 Å². The maximum Gasteiger partial charge on any atom is 0.265 e. The molecule has 0 bridgehead atoms. The summed E-state index contributed by atoms with van der Waals surface area (Å²) >= 11 is 0. The van der Waals surface area contributed by atoms with Crippen LogP contribution < -0.4 is 9.80 Å². The van der Waals surface area contributed by atoms with E-state index in [0.717, 1.165) is 37.1 Å². The van der Waals surface area contributed by atoms with E-state index in [4.69, 9.17) is 4.52 Å². The molecule has 2 amide bonds. The lowest BCUT2D eigenvalue weighted by molar-refractivity contribution is -0.131. The van der Waals surface area contributed by atoms with Gasteiger partial charge in [0.25, 0.3) is 5.95 Å². The van der Waals surface area contributed by atoms with Crippen LogP contribution in [0.4, 0.5) is 11.6 Å². The lowest BCUT2D eigenvalue weighted by Gasteiger charge is -2.30. The topological polar surface area (TPSA) is 82.8 Å². The summed E-state index contributed by atoms with van der Waals surface area (Å²) in [6.45, 7) is 2.18. The molecule has 3 heterocycles. The molecule has 2 saturated heterocycles. The Hall–Kier alpha value is -2.90. The van der Waals surface area contributed by atoms with Gasteiger partial charge < -0.3 is 19.2 Å². The minimum atomic E-state index is 0.132. The van der Waals surface area contributed by atoms with Crippen LogP contribution in [0.1, 0.15) is 43.1 Å². The fourth-order valence-electron chi connectivity index (χ4n) is 3.95. The first kappa shape index (κ1) is 19.4. The molecule has 2 aliphatic heterocycles. The van der Waals surface area contributed by atoms with Crippen molar-refractivity contribution < 1.29 is 14.1 Å². The Bertz CT molecular complexity index is 869. The number of carbonyl (C=O) groups excluding carboxylic acids is 2. The highest BCUT2D eigenvalue weighted by molar-refractivity contribution is 5.95. The van der Waals surface area contributed by atoms with Crippen LogP contribution in [0.15, 0.2) is 28.8 Å². The predicted molar refractivity (Wildman–Crippen MR) is 109 cm³/mol. The van der Waals surface area contributed by atoms with Gasteiger partial charge in [-0.1, -0.05) is 12.1 Å². The molecule has 0 spiro atoms. The van der Waals surface area contributed by atoms with Crippen LogP contribution in [-0.4, -0.2) is 60.6 Å². The summed E-state index contributed by atoms with van der Waals surface area (Å²) in [4.78, 5) is 34.5. The molecule has 0 atom stereocenters. The normalized spacial score (nSPS) is 17.8. The number of rotatable bonds is 5. The molecule has 8 heteroatoms. The van der Waals surface area contributed by atoms with Crippen LogP contribution in [0.3, 0.4) is 0 Å². The molecule has 0 saturated carbocycles. The van der Waals surface area contributed by atoms with Crippen molar-refractivity contribution >= 4 is 23.5 Å². The second kappa shape index (κ2) is 8.23. The smallest absolute Gasteiger partial charge is 0.265 e. The summed E-state index contributed by atoms with van der Waals surface area (Å²) in [6.07, 6.45) is 3.57. The monoisotopic (exact) mass is 397 g/mol. The molecule has 4 rings (SSSR count). The van der Waals surface area contributed by atoms with Crippen molar-refractivity contribution in [2.75, 3.05) is 43.5 Å². The van der Waals surface area contributed by atoms with Crippen LogP contribution >= 0.6 is 0 Å². The van der Waals surface area contributed by atoms with Crippen LogP contribution in [0.5, 0.6) is 0 Å². The fraction of sp³-hybridized carbons (Fsp3) is 0.524. The van der Waals surface area contributed by atoms with Crippen molar-refractivity contribution in [3.8, 4) is 0 Å². The van der Waals surface area contributed by atoms with Crippen LogP contribution in [0, 0.1) is 0 Å². The molecular formula is C21H27N5O3. The lowest BCUT2D eigenvalue weighted by Crippen LogP contribution is -2.38. The van der Waals surface area contributed by atoms with E-state index in [1.165, 1.54) is 0 Å². The molecule has 2 aromatic rings. The first-order chi connectivity index (χ1) is 14.0. The van der Waals surface area contributed by atoms with Gasteiger partial charge in [-0.3, -0.25) is 9.59 Å². The van der Waals surface area contributed by atoms with Crippen LogP contribution in [0.25, 0.3) is 0 Å².